The molecule has 0 aliphatic carbocycles. The summed E-state index contributed by atoms with van der Waals surface area (Å²) in [5.74, 6) is 2.00. The van der Waals surface area contributed by atoms with E-state index in [1.165, 1.54) is 52.3 Å². The van der Waals surface area contributed by atoms with Gasteiger partial charge in [-0.25, -0.2) is 0 Å². The Bertz CT molecular complexity index is 1720. The number of ether oxygens (including phenoxy) is 1. The SMILES string of the molecule is c1ccc(N2c3cccc4c3B(c3sc5ccccc5c3O4)c3sc4ccccc4c32)cc1. The quantitative estimate of drug-likeness (QED) is 0.260. The lowest BCUT2D eigenvalue weighted by Gasteiger charge is -2.37. The molecule has 0 saturated carbocycles. The summed E-state index contributed by atoms with van der Waals surface area (Å²) in [5.41, 5.74) is 4.97. The number of thiophene rings is 2. The molecule has 0 bridgehead atoms. The Morgan fingerprint density at radius 2 is 1.33 bits per heavy atom. The Hall–Kier alpha value is -3.54. The highest BCUT2D eigenvalue weighted by molar-refractivity contribution is 7.40. The average molecular weight is 457 g/mol. The van der Waals surface area contributed by atoms with Crippen LogP contribution in [0, 0.1) is 0 Å². The fourth-order valence-electron chi connectivity index (χ4n) is 5.38. The first-order valence-corrected chi connectivity index (χ1v) is 12.7. The van der Waals surface area contributed by atoms with Gasteiger partial charge in [0.05, 0.1) is 5.69 Å². The van der Waals surface area contributed by atoms with Gasteiger partial charge in [-0.2, -0.15) is 0 Å². The molecule has 4 heterocycles. The van der Waals surface area contributed by atoms with Crippen LogP contribution in [0.5, 0.6) is 11.5 Å². The van der Waals surface area contributed by atoms with Crippen molar-refractivity contribution in [1.29, 1.82) is 0 Å². The summed E-state index contributed by atoms with van der Waals surface area (Å²) in [6, 6.07) is 34.6. The van der Waals surface area contributed by atoms with Gasteiger partial charge in [-0.1, -0.05) is 54.6 Å². The zero-order valence-corrected chi connectivity index (χ0v) is 19.1. The Morgan fingerprint density at radius 3 is 2.18 bits per heavy atom. The van der Waals surface area contributed by atoms with E-state index < -0.39 is 0 Å². The topological polar surface area (TPSA) is 12.5 Å². The third-order valence-corrected chi connectivity index (χ3v) is 9.16. The molecular weight excluding hydrogens is 441 g/mol. The summed E-state index contributed by atoms with van der Waals surface area (Å²) < 4.78 is 12.0. The van der Waals surface area contributed by atoms with Crippen molar-refractivity contribution in [2.24, 2.45) is 0 Å². The van der Waals surface area contributed by atoms with Gasteiger partial charge < -0.3 is 9.64 Å². The summed E-state index contributed by atoms with van der Waals surface area (Å²) in [5, 5.41) is 2.52. The first-order chi connectivity index (χ1) is 16.4. The maximum Gasteiger partial charge on any atom is 0.281 e. The maximum atomic E-state index is 6.64. The molecule has 154 valence electrons. The highest BCUT2D eigenvalue weighted by Crippen LogP contribution is 2.47. The van der Waals surface area contributed by atoms with Gasteiger partial charge in [0.25, 0.3) is 6.71 Å². The molecule has 0 atom stereocenters. The van der Waals surface area contributed by atoms with E-state index in [4.69, 9.17) is 4.74 Å². The minimum atomic E-state index is 0.185. The monoisotopic (exact) mass is 457 g/mol. The Morgan fingerprint density at radius 1 is 0.636 bits per heavy atom. The van der Waals surface area contributed by atoms with Gasteiger partial charge in [-0.05, 0) is 47.9 Å². The van der Waals surface area contributed by atoms with Crippen LogP contribution in [0.15, 0.2) is 97.1 Å². The molecule has 0 fully saturated rings. The van der Waals surface area contributed by atoms with Gasteiger partial charge in [0.2, 0.25) is 0 Å². The van der Waals surface area contributed by atoms with Crippen molar-refractivity contribution < 1.29 is 4.74 Å². The minimum absolute atomic E-state index is 0.185. The Kier molecular flexibility index (Phi) is 3.54. The summed E-state index contributed by atoms with van der Waals surface area (Å²) in [6.07, 6.45) is 0. The minimum Gasteiger partial charge on any atom is -0.457 e. The molecule has 0 unspecified atom stereocenters. The largest absolute Gasteiger partial charge is 0.457 e. The molecule has 6 aromatic rings. The van der Waals surface area contributed by atoms with Crippen LogP contribution >= 0.6 is 22.7 Å². The van der Waals surface area contributed by atoms with Crippen molar-refractivity contribution in [2.75, 3.05) is 4.90 Å². The van der Waals surface area contributed by atoms with Gasteiger partial charge >= 0.3 is 0 Å². The zero-order chi connectivity index (χ0) is 21.5. The van der Waals surface area contributed by atoms with Crippen LogP contribution in [0.3, 0.4) is 0 Å². The van der Waals surface area contributed by atoms with Crippen LogP contribution in [0.2, 0.25) is 0 Å². The highest BCUT2D eigenvalue weighted by atomic mass is 32.1. The second kappa shape index (κ2) is 6.50. The van der Waals surface area contributed by atoms with Crippen molar-refractivity contribution in [2.45, 2.75) is 0 Å². The van der Waals surface area contributed by atoms with Crippen LogP contribution in [-0.4, -0.2) is 6.71 Å². The van der Waals surface area contributed by atoms with Crippen LogP contribution < -0.4 is 24.7 Å². The van der Waals surface area contributed by atoms with E-state index in [1.807, 2.05) is 22.7 Å². The summed E-state index contributed by atoms with van der Waals surface area (Å²) in [7, 11) is 0. The molecule has 4 aromatic carbocycles. The van der Waals surface area contributed by atoms with Crippen LogP contribution in [0.4, 0.5) is 17.1 Å². The standard InChI is InChI=1S/C28H16BNOS2/c1-2-9-17(10-3-1)30-20-13-8-14-21-24(20)29(27-25(30)18-11-4-6-15-22(18)32-27)28-26(31-21)19-12-5-7-16-23(19)33-28/h1-16H. The fourth-order valence-corrected chi connectivity index (χ4v) is 8.01. The van der Waals surface area contributed by atoms with Crippen molar-refractivity contribution in [1.82, 2.24) is 0 Å². The molecule has 8 rings (SSSR count). The molecule has 2 aromatic heterocycles. The van der Waals surface area contributed by atoms with E-state index in [0.717, 1.165) is 11.5 Å². The third kappa shape index (κ3) is 2.33. The normalized spacial score (nSPS) is 13.6. The van der Waals surface area contributed by atoms with Gasteiger partial charge in [-0.3, -0.25) is 0 Å². The molecule has 5 heteroatoms. The molecule has 0 saturated heterocycles. The lowest BCUT2D eigenvalue weighted by molar-refractivity contribution is 0.495. The fraction of sp³-hybridized carbons (Fsp3) is 0. The molecule has 2 aliphatic rings. The second-order valence-corrected chi connectivity index (χ2v) is 10.7. The zero-order valence-electron chi connectivity index (χ0n) is 17.5. The van der Waals surface area contributed by atoms with E-state index in [2.05, 4.69) is 102 Å². The van der Waals surface area contributed by atoms with E-state index in [9.17, 15) is 0 Å². The number of nitrogens with zero attached hydrogens (tertiary/aromatic N) is 1. The van der Waals surface area contributed by atoms with Crippen molar-refractivity contribution in [3.63, 3.8) is 0 Å². The smallest absolute Gasteiger partial charge is 0.281 e. The number of benzene rings is 4. The molecular formula is C28H16BNOS2. The number of para-hydroxylation sites is 1. The number of hydrogen-bond donors (Lipinski definition) is 0. The first-order valence-electron chi connectivity index (χ1n) is 11.1. The van der Waals surface area contributed by atoms with Crippen LogP contribution in [-0.2, 0) is 0 Å². The number of hydrogen-bond acceptors (Lipinski definition) is 4. The molecule has 0 radical (unpaired) electrons. The predicted octanol–water partition coefficient (Wildman–Crippen LogP) is 6.52. The third-order valence-electron chi connectivity index (χ3n) is 6.72. The summed E-state index contributed by atoms with van der Waals surface area (Å²) in [4.78, 5) is 2.44. The Balaban J connectivity index is 1.52. The number of fused-ring (bicyclic) bond motifs is 8. The predicted molar refractivity (Wildman–Crippen MR) is 143 cm³/mol. The molecule has 2 nitrogen and oxygen atoms in total. The van der Waals surface area contributed by atoms with E-state index in [1.54, 1.807) is 0 Å². The van der Waals surface area contributed by atoms with Crippen LogP contribution in [0.1, 0.15) is 0 Å². The Labute approximate surface area is 199 Å². The molecule has 2 aliphatic heterocycles. The van der Waals surface area contributed by atoms with Crippen molar-refractivity contribution >= 4 is 81.6 Å². The molecule has 33 heavy (non-hydrogen) atoms. The molecule has 0 N–H and O–H groups in total. The van der Waals surface area contributed by atoms with Gasteiger partial charge in [0.1, 0.15) is 11.5 Å². The van der Waals surface area contributed by atoms with E-state index >= 15 is 0 Å². The summed E-state index contributed by atoms with van der Waals surface area (Å²) in [6.45, 7) is 0.185. The lowest BCUT2D eigenvalue weighted by atomic mass is 9.40. The second-order valence-electron chi connectivity index (χ2n) is 8.50. The summed E-state index contributed by atoms with van der Waals surface area (Å²) >= 11 is 3.79. The number of anilines is 3. The van der Waals surface area contributed by atoms with Crippen molar-refractivity contribution in [3.05, 3.63) is 97.1 Å². The van der Waals surface area contributed by atoms with E-state index in [-0.39, 0.29) is 6.71 Å². The molecule has 0 amide bonds. The number of rotatable bonds is 1. The van der Waals surface area contributed by atoms with Gasteiger partial charge in [0.15, 0.2) is 0 Å². The van der Waals surface area contributed by atoms with Gasteiger partial charge in [-0.15, -0.1) is 22.7 Å². The lowest BCUT2D eigenvalue weighted by Crippen LogP contribution is -2.57. The highest BCUT2D eigenvalue weighted by Gasteiger charge is 2.45. The average Bonchev–Trinajstić information content (AvgIpc) is 3.43. The van der Waals surface area contributed by atoms with Crippen molar-refractivity contribution in [3.8, 4) is 11.5 Å². The van der Waals surface area contributed by atoms with E-state index in [0.29, 0.717) is 0 Å². The first kappa shape index (κ1) is 18.0. The molecule has 0 spiro atoms. The van der Waals surface area contributed by atoms with Crippen LogP contribution in [0.25, 0.3) is 20.2 Å². The maximum absolute atomic E-state index is 6.64. The van der Waals surface area contributed by atoms with Gasteiger partial charge in [0, 0.05) is 41.1 Å².